The van der Waals surface area contributed by atoms with E-state index < -0.39 is 43.5 Å². The van der Waals surface area contributed by atoms with Gasteiger partial charge in [-0.1, -0.05) is 64.2 Å². The number of unbranched alkanes of at least 4 members (excludes halogenated alkanes) is 10. The Balaban J connectivity index is 4.01. The highest BCUT2D eigenvalue weighted by Crippen LogP contribution is 2.24. The molecule has 0 heterocycles. The molecule has 0 saturated heterocycles. The van der Waals surface area contributed by atoms with Crippen molar-refractivity contribution in [2.45, 2.75) is 134 Å². The Labute approximate surface area is 254 Å². The van der Waals surface area contributed by atoms with Crippen LogP contribution >= 0.6 is 0 Å². The second-order valence-corrected chi connectivity index (χ2v) is 29.4. The maximum absolute atomic E-state index is 6.65. The molecule has 13 heteroatoms. The number of hydrogen-bond acceptors (Lipinski definition) is 8. The zero-order valence-corrected chi connectivity index (χ0v) is 33.3. The molecule has 0 radical (unpaired) electrons. The van der Waals surface area contributed by atoms with Gasteiger partial charge in [0.05, 0.1) is 0 Å². The van der Waals surface area contributed by atoms with Crippen LogP contribution in [0.5, 0.6) is 0 Å². The first-order valence-electron chi connectivity index (χ1n) is 15.5. The lowest BCUT2D eigenvalue weighted by Gasteiger charge is -2.32. The van der Waals surface area contributed by atoms with Gasteiger partial charge < -0.3 is 34.8 Å². The fraction of sp³-hybridized carbons (Fsp3) is 1.00. The van der Waals surface area contributed by atoms with Crippen molar-refractivity contribution in [3.05, 3.63) is 0 Å². The van der Waals surface area contributed by atoms with E-state index in [0.29, 0.717) is 0 Å². The Bertz CT molecular complexity index is 541. The van der Waals surface area contributed by atoms with Crippen molar-refractivity contribution in [1.29, 1.82) is 0 Å². The fourth-order valence-electron chi connectivity index (χ4n) is 5.35. The Kier molecular flexibility index (Phi) is 22.7. The smallest absolute Gasteiger partial charge is 0.439 e. The summed E-state index contributed by atoms with van der Waals surface area (Å²) in [6.45, 7) is 11.7. The first kappa shape index (κ1) is 40.8. The molecular weight excluding hydrogens is 593 g/mol. The van der Waals surface area contributed by atoms with E-state index >= 15 is 0 Å². The molecule has 0 atom stereocenters. The zero-order chi connectivity index (χ0) is 30.5. The van der Waals surface area contributed by atoms with Crippen molar-refractivity contribution >= 4 is 43.5 Å². The average molecular weight is 659 g/mol. The highest BCUT2D eigenvalue weighted by molar-refractivity contribution is 6.81. The normalized spacial score (nSPS) is 13.5. The van der Waals surface area contributed by atoms with Crippen LogP contribution < -0.4 is 0 Å². The van der Waals surface area contributed by atoms with Crippen LogP contribution in [0.4, 0.5) is 0 Å². The maximum Gasteiger partial charge on any atom is 0.500 e. The summed E-state index contributed by atoms with van der Waals surface area (Å²) in [6.07, 6.45) is 14.8. The van der Waals surface area contributed by atoms with E-state index in [4.69, 9.17) is 34.8 Å². The van der Waals surface area contributed by atoms with Gasteiger partial charge >= 0.3 is 17.6 Å². The molecule has 8 nitrogen and oxygen atoms in total. The third-order valence-electron chi connectivity index (χ3n) is 7.86. The predicted molar refractivity (Wildman–Crippen MR) is 178 cm³/mol. The lowest BCUT2D eigenvalue weighted by atomic mass is 10.1. The summed E-state index contributed by atoms with van der Waals surface area (Å²) in [5, 5.41) is 0. The highest BCUT2D eigenvalue weighted by Gasteiger charge is 2.37. The molecule has 0 aliphatic heterocycles. The predicted octanol–water partition coefficient (Wildman–Crippen LogP) is 7.72. The van der Waals surface area contributed by atoms with Crippen LogP contribution in [0.1, 0.15) is 77.0 Å². The summed E-state index contributed by atoms with van der Waals surface area (Å²) in [5.41, 5.74) is 0. The van der Waals surface area contributed by atoms with Crippen molar-refractivity contribution in [1.82, 2.24) is 0 Å². The van der Waals surface area contributed by atoms with Crippen LogP contribution in [0.2, 0.25) is 56.9 Å². The first-order valence-corrected chi connectivity index (χ1v) is 27.7. The fourth-order valence-corrected chi connectivity index (χ4v) is 19.9. The van der Waals surface area contributed by atoms with E-state index in [1.807, 2.05) is 0 Å². The minimum Gasteiger partial charge on any atom is -0.439 e. The molecule has 0 unspecified atom stereocenters. The largest absolute Gasteiger partial charge is 0.500 e. The topological polar surface area (TPSA) is 73.8 Å². The van der Waals surface area contributed by atoms with Gasteiger partial charge in [0, 0.05) is 54.7 Å². The third-order valence-corrected chi connectivity index (χ3v) is 24.4. The Morgan fingerprint density at radius 1 is 0.375 bits per heavy atom. The van der Waals surface area contributed by atoms with Gasteiger partial charge in [0.15, 0.2) is 16.6 Å². The van der Waals surface area contributed by atoms with Crippen LogP contribution in [-0.2, 0) is 34.8 Å². The molecule has 0 aliphatic rings. The van der Waals surface area contributed by atoms with E-state index in [0.717, 1.165) is 24.9 Å². The van der Waals surface area contributed by atoms with Crippen molar-refractivity contribution in [3.63, 3.8) is 0 Å². The molecule has 40 heavy (non-hydrogen) atoms. The average Bonchev–Trinajstić information content (AvgIpc) is 2.91. The van der Waals surface area contributed by atoms with E-state index in [1.54, 1.807) is 42.7 Å². The molecule has 0 rings (SSSR count). The number of rotatable bonds is 28. The molecule has 0 aliphatic carbocycles. The Morgan fingerprint density at radius 3 is 0.850 bits per heavy atom. The van der Waals surface area contributed by atoms with Gasteiger partial charge in [-0.3, -0.25) is 0 Å². The lowest BCUT2D eigenvalue weighted by Crippen LogP contribution is -2.44. The van der Waals surface area contributed by atoms with Crippen LogP contribution in [0, 0.1) is 0 Å². The Hall–Kier alpha value is 0.764. The molecule has 0 aromatic rings. The maximum atomic E-state index is 6.65. The van der Waals surface area contributed by atoms with Gasteiger partial charge in [-0.05, 0) is 57.7 Å². The van der Waals surface area contributed by atoms with Gasteiger partial charge in [-0.25, -0.2) is 0 Å². The van der Waals surface area contributed by atoms with Gasteiger partial charge in [0.2, 0.25) is 0 Å². The summed E-state index contributed by atoms with van der Waals surface area (Å²) < 4.78 is 46.4. The van der Waals surface area contributed by atoms with E-state index in [-0.39, 0.29) is 0 Å². The van der Waals surface area contributed by atoms with Gasteiger partial charge in [0.25, 0.3) is 9.28 Å². The van der Waals surface area contributed by atoms with Crippen molar-refractivity contribution in [2.75, 3.05) is 42.7 Å². The van der Waals surface area contributed by atoms with Crippen molar-refractivity contribution < 1.29 is 34.8 Å². The second kappa shape index (κ2) is 22.3. The van der Waals surface area contributed by atoms with Crippen molar-refractivity contribution in [3.8, 4) is 0 Å². The highest BCUT2D eigenvalue weighted by atomic mass is 28.4. The minimum absolute atomic E-state index is 0.897. The van der Waals surface area contributed by atoms with Gasteiger partial charge in [-0.15, -0.1) is 0 Å². The molecule has 0 aromatic carbocycles. The van der Waals surface area contributed by atoms with E-state index in [9.17, 15) is 0 Å². The quantitative estimate of drug-likeness (QED) is 0.0625. The molecule has 242 valence electrons. The van der Waals surface area contributed by atoms with Crippen LogP contribution in [-0.4, -0.2) is 86.2 Å². The molecule has 0 spiro atoms. The van der Waals surface area contributed by atoms with E-state index in [1.165, 1.54) is 76.3 Å². The van der Waals surface area contributed by atoms with Gasteiger partial charge in [-0.2, -0.15) is 0 Å². The summed E-state index contributed by atoms with van der Waals surface area (Å²) in [5.74, 6) is 0. The molecule has 0 N–H and O–H groups in total. The van der Waals surface area contributed by atoms with Crippen LogP contribution in [0.25, 0.3) is 0 Å². The van der Waals surface area contributed by atoms with Crippen LogP contribution in [0.15, 0.2) is 0 Å². The molecule has 0 saturated carbocycles. The molecule has 0 bridgehead atoms. The second-order valence-electron chi connectivity index (χ2n) is 12.2. The third kappa shape index (κ3) is 18.4. The molecular formula is C27H66O8Si5. The molecule has 0 fully saturated rings. The summed E-state index contributed by atoms with van der Waals surface area (Å²) in [6, 6.07) is 4.25. The van der Waals surface area contributed by atoms with Crippen LogP contribution in [0.3, 0.4) is 0 Å². The van der Waals surface area contributed by atoms with Gasteiger partial charge in [0.1, 0.15) is 0 Å². The minimum atomic E-state index is -2.40. The summed E-state index contributed by atoms with van der Waals surface area (Å²) in [7, 11) is 0.412. The SMILES string of the molecule is CO[Si](CCCCCCCC[Si](C)(C)O[SiH](C)O[Si](C)(C)CCCCCCCC[Si](OC)(OC)OC)(OC)OC. The molecule has 0 aromatic heterocycles. The monoisotopic (exact) mass is 658 g/mol. The summed E-state index contributed by atoms with van der Waals surface area (Å²) >= 11 is 0. The van der Waals surface area contributed by atoms with Crippen molar-refractivity contribution in [2.24, 2.45) is 0 Å². The Morgan fingerprint density at radius 2 is 0.600 bits per heavy atom. The molecule has 0 amide bonds. The first-order chi connectivity index (χ1) is 18.9. The number of hydrogen-bond donors (Lipinski definition) is 0. The summed E-state index contributed by atoms with van der Waals surface area (Å²) in [4.78, 5) is 0. The van der Waals surface area contributed by atoms with E-state index in [2.05, 4.69) is 32.7 Å². The zero-order valence-electron chi connectivity index (χ0n) is 28.2. The standard InChI is InChI=1S/C27H66O8Si5/c1-28-39(29-2,30-3)26-22-18-14-12-16-20-24-37(8,9)34-36(7)35-38(10,11)25-21-17-13-15-19-23-27-40(31-4,32-5)33-6/h36H,12-27H2,1-11H3. The lowest BCUT2D eigenvalue weighted by molar-refractivity contribution is 0.122.